The minimum atomic E-state index is -0.0886. The van der Waals surface area contributed by atoms with Gasteiger partial charge in [-0.1, -0.05) is 18.2 Å². The van der Waals surface area contributed by atoms with Crippen LogP contribution in [0, 0.1) is 6.92 Å². The van der Waals surface area contributed by atoms with Crippen molar-refractivity contribution in [1.82, 2.24) is 19.8 Å². The molecule has 33 heavy (non-hydrogen) atoms. The Morgan fingerprint density at radius 3 is 2.67 bits per heavy atom. The molecule has 0 unspecified atom stereocenters. The molecule has 7 heteroatoms. The van der Waals surface area contributed by atoms with Gasteiger partial charge >= 0.3 is 0 Å². The molecule has 1 fully saturated rings. The van der Waals surface area contributed by atoms with E-state index in [1.165, 1.54) is 0 Å². The molecule has 0 saturated carbocycles. The van der Waals surface area contributed by atoms with Crippen LogP contribution in [0.3, 0.4) is 0 Å². The van der Waals surface area contributed by atoms with E-state index in [1.54, 1.807) is 6.20 Å². The average Bonchev–Trinajstić information content (AvgIpc) is 3.37. The van der Waals surface area contributed by atoms with Crippen LogP contribution in [0.4, 0.5) is 5.69 Å². The quantitative estimate of drug-likeness (QED) is 0.509. The van der Waals surface area contributed by atoms with Gasteiger partial charge in [0.15, 0.2) is 5.11 Å². The summed E-state index contributed by atoms with van der Waals surface area (Å²) in [4.78, 5) is 19.4. The number of nitrogens with zero attached hydrogens (tertiary/aromatic N) is 3. The molecule has 1 aliphatic rings. The molecule has 3 heterocycles. The summed E-state index contributed by atoms with van der Waals surface area (Å²) in [7, 11) is 0. The molecule has 0 spiro atoms. The molecule has 0 radical (unpaired) electrons. The minimum Gasteiger partial charge on any atom is -0.352 e. The van der Waals surface area contributed by atoms with Crippen LogP contribution in [-0.4, -0.2) is 32.0 Å². The van der Waals surface area contributed by atoms with Crippen molar-refractivity contribution in [1.29, 1.82) is 0 Å². The number of hydrogen-bond donors (Lipinski definition) is 2. The molecule has 0 aliphatic carbocycles. The summed E-state index contributed by atoms with van der Waals surface area (Å²) in [6.07, 6.45) is 6.42. The normalized spacial score (nSPS) is 18.3. The maximum absolute atomic E-state index is 12.7. The predicted octanol–water partition coefficient (Wildman–Crippen LogP) is 4.95. The van der Waals surface area contributed by atoms with Crippen LogP contribution in [0.15, 0.2) is 67.1 Å². The first kappa shape index (κ1) is 23.0. The van der Waals surface area contributed by atoms with E-state index in [0.717, 1.165) is 22.5 Å². The Morgan fingerprint density at radius 1 is 1.18 bits per heavy atom. The third-order valence-corrected chi connectivity index (χ3v) is 6.26. The van der Waals surface area contributed by atoms with Gasteiger partial charge in [-0.15, -0.1) is 0 Å². The zero-order valence-corrected chi connectivity index (χ0v) is 20.4. The van der Waals surface area contributed by atoms with Crippen molar-refractivity contribution in [2.24, 2.45) is 0 Å². The molecule has 1 saturated heterocycles. The molecule has 4 rings (SSSR count). The summed E-state index contributed by atoms with van der Waals surface area (Å²) in [5, 5.41) is 7.09. The fourth-order valence-corrected chi connectivity index (χ4v) is 4.52. The number of pyridine rings is 1. The molecule has 1 amide bonds. The maximum Gasteiger partial charge on any atom is 0.226 e. The molecule has 2 aromatic heterocycles. The number of anilines is 1. The minimum absolute atomic E-state index is 0.0240. The largest absolute Gasteiger partial charge is 0.352 e. The first-order chi connectivity index (χ1) is 15.7. The molecule has 0 bridgehead atoms. The smallest absolute Gasteiger partial charge is 0.226 e. The van der Waals surface area contributed by atoms with Gasteiger partial charge in [0.05, 0.1) is 17.8 Å². The van der Waals surface area contributed by atoms with Crippen molar-refractivity contribution in [2.45, 2.75) is 51.7 Å². The Morgan fingerprint density at radius 2 is 2.00 bits per heavy atom. The van der Waals surface area contributed by atoms with Crippen molar-refractivity contribution >= 4 is 28.9 Å². The number of rotatable bonds is 6. The van der Waals surface area contributed by atoms with E-state index < -0.39 is 0 Å². The van der Waals surface area contributed by atoms with Crippen LogP contribution in [-0.2, 0) is 10.3 Å². The lowest BCUT2D eigenvalue weighted by Crippen LogP contribution is -2.32. The van der Waals surface area contributed by atoms with E-state index in [-0.39, 0.29) is 23.5 Å². The number of aromatic nitrogens is 2. The van der Waals surface area contributed by atoms with Crippen LogP contribution in [0.25, 0.3) is 0 Å². The second kappa shape index (κ2) is 9.35. The number of thiocarbonyl (C=S) groups is 1. The van der Waals surface area contributed by atoms with Crippen molar-refractivity contribution in [3.63, 3.8) is 0 Å². The number of carbonyl (C=O) groups is 1. The van der Waals surface area contributed by atoms with Gasteiger partial charge in [0.25, 0.3) is 0 Å². The summed E-state index contributed by atoms with van der Waals surface area (Å²) in [6, 6.07) is 15.7. The highest BCUT2D eigenvalue weighted by Crippen LogP contribution is 2.39. The molecule has 1 aliphatic heterocycles. The Kier molecular flexibility index (Phi) is 6.51. The lowest BCUT2D eigenvalue weighted by Gasteiger charge is -2.27. The zero-order valence-electron chi connectivity index (χ0n) is 19.6. The molecular weight excluding hydrogens is 430 g/mol. The number of nitrogens with one attached hydrogen (secondary N) is 2. The number of amides is 1. The van der Waals surface area contributed by atoms with Crippen molar-refractivity contribution < 1.29 is 4.79 Å². The summed E-state index contributed by atoms with van der Waals surface area (Å²) in [5.41, 5.74) is 3.97. The van der Waals surface area contributed by atoms with E-state index >= 15 is 0 Å². The van der Waals surface area contributed by atoms with Crippen molar-refractivity contribution in [2.75, 3.05) is 11.9 Å². The highest BCUT2D eigenvalue weighted by Gasteiger charge is 2.40. The predicted molar refractivity (Wildman–Crippen MR) is 136 cm³/mol. The number of carbonyl (C=O) groups excluding carboxylic acids is 1. The molecule has 2 N–H and O–H groups in total. The van der Waals surface area contributed by atoms with Gasteiger partial charge < -0.3 is 20.1 Å². The second-order valence-electron chi connectivity index (χ2n) is 9.51. The maximum atomic E-state index is 12.7. The molecule has 2 atom stereocenters. The van der Waals surface area contributed by atoms with E-state index in [4.69, 9.17) is 12.2 Å². The summed E-state index contributed by atoms with van der Waals surface area (Å²) < 4.78 is 2.21. The van der Waals surface area contributed by atoms with E-state index in [0.29, 0.717) is 18.1 Å². The second-order valence-corrected chi connectivity index (χ2v) is 9.90. The van der Waals surface area contributed by atoms with E-state index in [1.807, 2.05) is 49.4 Å². The van der Waals surface area contributed by atoms with Gasteiger partial charge in [-0.3, -0.25) is 9.78 Å². The Hall–Kier alpha value is -3.19. The molecule has 6 nitrogen and oxygen atoms in total. The van der Waals surface area contributed by atoms with Crippen LogP contribution < -0.4 is 10.6 Å². The highest BCUT2D eigenvalue weighted by atomic mass is 32.1. The third-order valence-electron chi connectivity index (χ3n) is 5.91. The molecule has 3 aromatic rings. The lowest BCUT2D eigenvalue weighted by atomic mass is 9.99. The Labute approximate surface area is 201 Å². The van der Waals surface area contributed by atoms with Crippen molar-refractivity contribution in [3.8, 4) is 0 Å². The molecule has 1 aromatic carbocycles. The van der Waals surface area contributed by atoms with Gasteiger partial charge in [0.2, 0.25) is 5.91 Å². The van der Waals surface area contributed by atoms with Crippen LogP contribution in [0.5, 0.6) is 0 Å². The number of aryl methyl sites for hydroxylation is 1. The van der Waals surface area contributed by atoms with Gasteiger partial charge in [-0.2, -0.15) is 0 Å². The highest BCUT2D eigenvalue weighted by molar-refractivity contribution is 7.80. The van der Waals surface area contributed by atoms with E-state index in [9.17, 15) is 4.79 Å². The standard InChI is InChI=1S/C26H31N5OS/c1-18-8-7-9-20(16-18)28-22(32)12-15-31-24(19-11-14-30(17-19)26(2,3)4)23(29-25(31)33)21-10-5-6-13-27-21/h5-11,13-14,16-17,23-24H,12,15H2,1-4H3,(H,28,32)(H,29,33)/t23-,24-/m1/s1. The summed E-state index contributed by atoms with van der Waals surface area (Å²) >= 11 is 5.72. The lowest BCUT2D eigenvalue weighted by molar-refractivity contribution is -0.116. The zero-order chi connectivity index (χ0) is 23.6. The number of hydrogen-bond acceptors (Lipinski definition) is 3. The topological polar surface area (TPSA) is 62.2 Å². The van der Waals surface area contributed by atoms with E-state index in [2.05, 4.69) is 64.3 Å². The Balaban J connectivity index is 1.56. The molecular formula is C26H31N5OS. The van der Waals surface area contributed by atoms with Crippen LogP contribution in [0.1, 0.15) is 56.1 Å². The van der Waals surface area contributed by atoms with Gasteiger partial charge in [-0.25, -0.2) is 0 Å². The van der Waals surface area contributed by atoms with Gasteiger partial charge in [-0.05, 0) is 81.4 Å². The van der Waals surface area contributed by atoms with Crippen molar-refractivity contribution in [3.05, 3.63) is 83.9 Å². The average molecular weight is 462 g/mol. The monoisotopic (exact) mass is 461 g/mol. The van der Waals surface area contributed by atoms with Crippen LogP contribution >= 0.6 is 12.2 Å². The fourth-order valence-electron chi connectivity index (χ4n) is 4.18. The first-order valence-electron chi connectivity index (χ1n) is 11.3. The van der Waals surface area contributed by atoms with Gasteiger partial charge in [0.1, 0.15) is 0 Å². The summed E-state index contributed by atoms with van der Waals surface area (Å²) in [5.74, 6) is -0.0318. The number of benzene rings is 1. The summed E-state index contributed by atoms with van der Waals surface area (Å²) in [6.45, 7) is 9.06. The third kappa shape index (κ3) is 5.25. The van der Waals surface area contributed by atoms with Gasteiger partial charge in [0, 0.05) is 42.8 Å². The first-order valence-corrected chi connectivity index (χ1v) is 11.7. The Bertz CT molecular complexity index is 1130. The SMILES string of the molecule is Cc1cccc(NC(=O)CCN2C(=S)N[C@H](c3ccccn3)[C@H]2c2ccn(C(C)(C)C)c2)c1. The van der Waals surface area contributed by atoms with Crippen LogP contribution in [0.2, 0.25) is 0 Å². The fraction of sp³-hybridized carbons (Fsp3) is 0.346. The molecule has 172 valence electrons.